The molecule has 29 heavy (non-hydrogen) atoms. The first-order valence-corrected chi connectivity index (χ1v) is 10.1. The number of aromatic nitrogens is 3. The first kappa shape index (κ1) is 19.3. The lowest BCUT2D eigenvalue weighted by molar-refractivity contribution is -0.121. The summed E-state index contributed by atoms with van der Waals surface area (Å²) in [4.78, 5) is 27.3. The number of piperidine rings is 1. The molecule has 152 valence electrons. The van der Waals surface area contributed by atoms with Crippen LogP contribution in [-0.4, -0.2) is 45.4 Å². The normalized spacial score (nSPS) is 16.0. The van der Waals surface area contributed by atoms with Gasteiger partial charge in [0.1, 0.15) is 11.3 Å². The maximum atomic E-state index is 12.5. The first-order chi connectivity index (χ1) is 14.2. The van der Waals surface area contributed by atoms with Crippen LogP contribution < -0.4 is 10.9 Å². The summed E-state index contributed by atoms with van der Waals surface area (Å²) in [6.45, 7) is 2.68. The van der Waals surface area contributed by atoms with Crippen molar-refractivity contribution < 1.29 is 9.21 Å². The van der Waals surface area contributed by atoms with E-state index in [1.54, 1.807) is 24.5 Å². The molecule has 0 saturated carbocycles. The van der Waals surface area contributed by atoms with E-state index in [9.17, 15) is 9.59 Å². The first-order valence-electron chi connectivity index (χ1n) is 10.1. The Hall–Kier alpha value is -3.00. The summed E-state index contributed by atoms with van der Waals surface area (Å²) in [6.07, 6.45) is 5.40. The van der Waals surface area contributed by atoms with Crippen molar-refractivity contribution in [3.05, 3.63) is 58.8 Å². The molecule has 3 heterocycles. The Morgan fingerprint density at radius 1 is 1.14 bits per heavy atom. The van der Waals surface area contributed by atoms with Gasteiger partial charge in [-0.15, -0.1) is 5.10 Å². The van der Waals surface area contributed by atoms with Gasteiger partial charge in [-0.3, -0.25) is 14.5 Å². The lowest BCUT2D eigenvalue weighted by Crippen LogP contribution is -2.40. The molecule has 1 aliphatic heterocycles. The summed E-state index contributed by atoms with van der Waals surface area (Å²) in [5, 5.41) is 11.5. The predicted octanol–water partition coefficient (Wildman–Crippen LogP) is 2.12. The van der Waals surface area contributed by atoms with Crippen LogP contribution in [0.3, 0.4) is 0 Å². The van der Waals surface area contributed by atoms with Crippen LogP contribution >= 0.6 is 0 Å². The lowest BCUT2D eigenvalue weighted by Gasteiger charge is -2.33. The van der Waals surface area contributed by atoms with E-state index in [4.69, 9.17) is 4.42 Å². The van der Waals surface area contributed by atoms with Gasteiger partial charge in [-0.05, 0) is 50.2 Å². The lowest BCUT2D eigenvalue weighted by atomic mass is 10.1. The van der Waals surface area contributed by atoms with Crippen LogP contribution in [0.5, 0.6) is 0 Å². The number of likely N-dealkylation sites (tertiary alicyclic amines) is 1. The molecule has 1 atom stereocenters. The van der Waals surface area contributed by atoms with Crippen LogP contribution in [0.1, 0.15) is 37.5 Å². The fourth-order valence-corrected chi connectivity index (χ4v) is 3.80. The smallest absolute Gasteiger partial charge is 0.277 e. The topological polar surface area (TPSA) is 93.3 Å². The third kappa shape index (κ3) is 4.54. The second kappa shape index (κ2) is 9.00. The molecule has 0 aliphatic carbocycles. The summed E-state index contributed by atoms with van der Waals surface area (Å²) in [5.74, 6) is 0.740. The van der Waals surface area contributed by atoms with Crippen LogP contribution in [0.2, 0.25) is 0 Å². The Balaban J connectivity index is 1.36. The van der Waals surface area contributed by atoms with Crippen molar-refractivity contribution in [2.45, 2.75) is 38.3 Å². The van der Waals surface area contributed by atoms with Crippen molar-refractivity contribution in [2.75, 3.05) is 19.6 Å². The van der Waals surface area contributed by atoms with Gasteiger partial charge in [0.25, 0.3) is 5.56 Å². The molecule has 1 N–H and O–H groups in total. The molecule has 0 radical (unpaired) electrons. The number of furan rings is 1. The molecule has 1 aromatic carbocycles. The summed E-state index contributed by atoms with van der Waals surface area (Å²) in [7, 11) is 0. The third-order valence-electron chi connectivity index (χ3n) is 5.38. The monoisotopic (exact) mass is 395 g/mol. The number of fused-ring (bicyclic) bond motifs is 1. The van der Waals surface area contributed by atoms with Crippen molar-refractivity contribution in [2.24, 2.45) is 0 Å². The molecule has 0 spiro atoms. The molecule has 8 nitrogen and oxygen atoms in total. The Morgan fingerprint density at radius 3 is 2.76 bits per heavy atom. The third-order valence-corrected chi connectivity index (χ3v) is 5.38. The molecule has 1 saturated heterocycles. The Kier molecular flexibility index (Phi) is 6.00. The van der Waals surface area contributed by atoms with Gasteiger partial charge in [0.05, 0.1) is 24.2 Å². The zero-order valence-electron chi connectivity index (χ0n) is 16.3. The number of hydrogen-bond donors (Lipinski definition) is 1. The summed E-state index contributed by atoms with van der Waals surface area (Å²) < 4.78 is 6.86. The van der Waals surface area contributed by atoms with Crippen molar-refractivity contribution in [3.8, 4) is 0 Å². The minimum atomic E-state index is -0.231. The Morgan fingerprint density at radius 2 is 1.97 bits per heavy atom. The molecule has 3 aromatic rings. The number of carbonyl (C=O) groups is 1. The van der Waals surface area contributed by atoms with E-state index >= 15 is 0 Å². The molecule has 1 aliphatic rings. The number of hydrogen-bond acceptors (Lipinski definition) is 6. The van der Waals surface area contributed by atoms with Gasteiger partial charge < -0.3 is 9.73 Å². The van der Waals surface area contributed by atoms with Crippen molar-refractivity contribution in [1.29, 1.82) is 0 Å². The molecule has 1 fully saturated rings. The van der Waals surface area contributed by atoms with Crippen LogP contribution in [0.25, 0.3) is 10.9 Å². The summed E-state index contributed by atoms with van der Waals surface area (Å²) >= 11 is 0. The SMILES string of the molecule is O=C(CCn1nnc2ccccc2c1=O)NCC(c1ccco1)N1CCCCC1. The van der Waals surface area contributed by atoms with Gasteiger partial charge in [-0.1, -0.05) is 23.8 Å². The van der Waals surface area contributed by atoms with Crippen LogP contribution in [-0.2, 0) is 11.3 Å². The second-order valence-electron chi connectivity index (χ2n) is 7.32. The summed E-state index contributed by atoms with van der Waals surface area (Å²) in [6, 6.07) is 10.9. The van der Waals surface area contributed by atoms with Crippen LogP contribution in [0, 0.1) is 0 Å². The number of rotatable bonds is 7. The molecule has 0 bridgehead atoms. The highest BCUT2D eigenvalue weighted by atomic mass is 16.3. The van der Waals surface area contributed by atoms with E-state index in [0.717, 1.165) is 31.7 Å². The van der Waals surface area contributed by atoms with Gasteiger partial charge >= 0.3 is 0 Å². The van der Waals surface area contributed by atoms with Gasteiger partial charge in [-0.2, -0.15) is 0 Å². The van der Waals surface area contributed by atoms with Crippen molar-refractivity contribution >= 4 is 16.8 Å². The minimum Gasteiger partial charge on any atom is -0.468 e. The number of nitrogens with zero attached hydrogens (tertiary/aromatic N) is 4. The minimum absolute atomic E-state index is 0.0254. The second-order valence-corrected chi connectivity index (χ2v) is 7.32. The standard InChI is InChI=1S/C21H25N5O3/c27-20(10-13-26-21(28)16-7-2-3-8-17(16)23-24-26)22-15-18(19-9-6-14-29-19)25-11-4-1-5-12-25/h2-3,6-9,14,18H,1,4-5,10-13,15H2,(H,22,27). The van der Waals surface area contributed by atoms with E-state index in [-0.39, 0.29) is 30.5 Å². The highest BCUT2D eigenvalue weighted by Crippen LogP contribution is 2.24. The largest absolute Gasteiger partial charge is 0.468 e. The molecular weight excluding hydrogens is 370 g/mol. The van der Waals surface area contributed by atoms with E-state index in [1.165, 1.54) is 11.1 Å². The van der Waals surface area contributed by atoms with Gasteiger partial charge in [0.2, 0.25) is 5.91 Å². The molecular formula is C21H25N5O3. The highest BCUT2D eigenvalue weighted by Gasteiger charge is 2.24. The van der Waals surface area contributed by atoms with Crippen LogP contribution in [0.4, 0.5) is 0 Å². The number of nitrogens with one attached hydrogen (secondary N) is 1. The maximum Gasteiger partial charge on any atom is 0.277 e. The predicted molar refractivity (Wildman–Crippen MR) is 108 cm³/mol. The van der Waals surface area contributed by atoms with Crippen molar-refractivity contribution in [1.82, 2.24) is 25.2 Å². The van der Waals surface area contributed by atoms with Crippen molar-refractivity contribution in [3.63, 3.8) is 0 Å². The number of benzene rings is 1. The van der Waals surface area contributed by atoms with E-state index in [1.807, 2.05) is 18.2 Å². The quantitative estimate of drug-likeness (QED) is 0.659. The maximum absolute atomic E-state index is 12.5. The number of aryl methyl sites for hydroxylation is 1. The zero-order valence-corrected chi connectivity index (χ0v) is 16.3. The van der Waals surface area contributed by atoms with Gasteiger partial charge in [-0.25, -0.2) is 4.68 Å². The summed E-state index contributed by atoms with van der Waals surface area (Å²) in [5.41, 5.74) is 0.325. The fraction of sp³-hybridized carbons (Fsp3) is 0.429. The number of amides is 1. The van der Waals surface area contributed by atoms with E-state index in [2.05, 4.69) is 20.5 Å². The molecule has 1 unspecified atom stereocenters. The zero-order chi connectivity index (χ0) is 20.1. The molecule has 1 amide bonds. The van der Waals surface area contributed by atoms with E-state index in [0.29, 0.717) is 17.4 Å². The molecule has 2 aromatic heterocycles. The Bertz CT molecular complexity index is 1010. The molecule has 4 rings (SSSR count). The van der Waals surface area contributed by atoms with Gasteiger partial charge in [0, 0.05) is 13.0 Å². The average Bonchev–Trinajstić information content (AvgIpc) is 3.29. The van der Waals surface area contributed by atoms with Crippen LogP contribution in [0.15, 0.2) is 51.9 Å². The fourth-order valence-electron chi connectivity index (χ4n) is 3.80. The number of carbonyl (C=O) groups excluding carboxylic acids is 1. The Labute approximate surface area is 168 Å². The van der Waals surface area contributed by atoms with E-state index < -0.39 is 0 Å². The highest BCUT2D eigenvalue weighted by molar-refractivity contribution is 5.77. The molecule has 8 heteroatoms. The average molecular weight is 395 g/mol. The van der Waals surface area contributed by atoms with Gasteiger partial charge in [0.15, 0.2) is 0 Å².